The highest BCUT2D eigenvalue weighted by molar-refractivity contribution is 5.56. The highest BCUT2D eigenvalue weighted by atomic mass is 16.5. The average molecular weight is 434 g/mol. The van der Waals surface area contributed by atoms with Crippen LogP contribution in [-0.2, 0) is 23.4 Å². The number of aryl methyl sites for hydroxylation is 1. The van der Waals surface area contributed by atoms with Crippen LogP contribution in [0.15, 0.2) is 53.1 Å². The molecule has 3 aromatic rings. The predicted octanol–water partition coefficient (Wildman–Crippen LogP) is 4.21. The Bertz CT molecular complexity index is 1070. The standard InChI is InChI=1S/C26H31N3O3/c1-3-18-10-12-20(13-11-18)26(30,25(2)16-27-17-25)21-7-4-6-19(14-21)24-28-23(29-32-24)15-31-22-8-5-9-22/h4,6-7,10-14,22,27,30H,3,5,8-9,15-17H2,1-2H3/t26-/m0/s1. The Labute approximate surface area is 189 Å². The zero-order chi connectivity index (χ0) is 22.2. The summed E-state index contributed by atoms with van der Waals surface area (Å²) < 4.78 is 11.3. The van der Waals surface area contributed by atoms with Crippen LogP contribution in [0.2, 0.25) is 0 Å². The number of ether oxygens (including phenoxy) is 1. The van der Waals surface area contributed by atoms with Crippen molar-refractivity contribution >= 4 is 0 Å². The molecule has 168 valence electrons. The van der Waals surface area contributed by atoms with Crippen LogP contribution >= 0.6 is 0 Å². The first-order chi connectivity index (χ1) is 15.5. The first-order valence-electron chi connectivity index (χ1n) is 11.6. The molecule has 6 heteroatoms. The summed E-state index contributed by atoms with van der Waals surface area (Å²) in [7, 11) is 0. The fourth-order valence-corrected chi connectivity index (χ4v) is 4.64. The van der Waals surface area contributed by atoms with Gasteiger partial charge >= 0.3 is 0 Å². The molecule has 1 aromatic heterocycles. The molecule has 1 saturated heterocycles. The van der Waals surface area contributed by atoms with Gasteiger partial charge in [-0.1, -0.05) is 55.4 Å². The van der Waals surface area contributed by atoms with Gasteiger partial charge in [-0.3, -0.25) is 0 Å². The molecule has 1 atom stereocenters. The summed E-state index contributed by atoms with van der Waals surface area (Å²) in [6.07, 6.45) is 4.74. The van der Waals surface area contributed by atoms with Crippen molar-refractivity contribution < 1.29 is 14.4 Å². The minimum absolute atomic E-state index is 0.323. The third-order valence-corrected chi connectivity index (χ3v) is 7.18. The molecule has 0 radical (unpaired) electrons. The van der Waals surface area contributed by atoms with Crippen molar-refractivity contribution in [1.82, 2.24) is 15.5 Å². The van der Waals surface area contributed by atoms with Crippen LogP contribution in [0.25, 0.3) is 11.5 Å². The molecule has 0 bridgehead atoms. The highest BCUT2D eigenvalue weighted by Gasteiger charge is 2.53. The number of benzene rings is 2. The lowest BCUT2D eigenvalue weighted by atomic mass is 9.62. The van der Waals surface area contributed by atoms with Crippen molar-refractivity contribution in [3.63, 3.8) is 0 Å². The van der Waals surface area contributed by atoms with Gasteiger partial charge in [0.05, 0.1) is 6.10 Å². The van der Waals surface area contributed by atoms with Crippen molar-refractivity contribution in [2.75, 3.05) is 13.1 Å². The van der Waals surface area contributed by atoms with Gasteiger partial charge in [0.15, 0.2) is 5.82 Å². The summed E-state index contributed by atoms with van der Waals surface area (Å²) >= 11 is 0. The van der Waals surface area contributed by atoms with Crippen molar-refractivity contribution in [2.45, 2.75) is 57.8 Å². The van der Waals surface area contributed by atoms with Gasteiger partial charge in [-0.2, -0.15) is 4.98 Å². The van der Waals surface area contributed by atoms with Gasteiger partial charge in [0.2, 0.25) is 0 Å². The van der Waals surface area contributed by atoms with E-state index in [0.29, 0.717) is 24.4 Å². The SMILES string of the molecule is CCc1ccc([C@](O)(c2cccc(-c3nc(COC4CCC4)no3)c2)C2(C)CNC2)cc1. The molecular weight excluding hydrogens is 402 g/mol. The van der Waals surface area contributed by atoms with E-state index in [0.717, 1.165) is 49.0 Å². The number of aromatic nitrogens is 2. The number of hydrogen-bond donors (Lipinski definition) is 2. The Morgan fingerprint density at radius 2 is 1.94 bits per heavy atom. The van der Waals surface area contributed by atoms with Gasteiger partial charge < -0.3 is 19.7 Å². The summed E-state index contributed by atoms with van der Waals surface area (Å²) in [5.41, 5.74) is 2.31. The van der Waals surface area contributed by atoms with E-state index in [-0.39, 0.29) is 5.41 Å². The average Bonchev–Trinajstić information content (AvgIpc) is 3.25. The Hall–Kier alpha value is -2.54. The monoisotopic (exact) mass is 433 g/mol. The van der Waals surface area contributed by atoms with E-state index in [4.69, 9.17) is 9.26 Å². The molecule has 0 unspecified atom stereocenters. The second-order valence-electron chi connectivity index (χ2n) is 9.39. The number of rotatable bonds is 8. The summed E-state index contributed by atoms with van der Waals surface area (Å²) in [5, 5.41) is 19.6. The molecule has 5 rings (SSSR count). The van der Waals surface area contributed by atoms with E-state index in [2.05, 4.69) is 53.6 Å². The lowest BCUT2D eigenvalue weighted by Gasteiger charge is -2.52. The van der Waals surface area contributed by atoms with Gasteiger partial charge in [0.1, 0.15) is 12.2 Å². The Balaban J connectivity index is 1.46. The van der Waals surface area contributed by atoms with E-state index >= 15 is 0 Å². The Kier molecular flexibility index (Phi) is 5.61. The maximum Gasteiger partial charge on any atom is 0.258 e. The maximum absolute atomic E-state index is 12.2. The van der Waals surface area contributed by atoms with E-state index in [1.54, 1.807) is 0 Å². The van der Waals surface area contributed by atoms with Crippen LogP contribution in [0, 0.1) is 5.41 Å². The number of nitrogens with zero attached hydrogens (tertiary/aromatic N) is 2. The van der Waals surface area contributed by atoms with E-state index in [9.17, 15) is 5.11 Å². The van der Waals surface area contributed by atoms with Crippen LogP contribution in [0.4, 0.5) is 0 Å². The van der Waals surface area contributed by atoms with E-state index in [1.807, 2.05) is 24.3 Å². The molecule has 32 heavy (non-hydrogen) atoms. The summed E-state index contributed by atoms with van der Waals surface area (Å²) in [5.74, 6) is 0.998. The van der Waals surface area contributed by atoms with Crippen LogP contribution < -0.4 is 5.32 Å². The van der Waals surface area contributed by atoms with Gasteiger partial charge in [-0.15, -0.1) is 0 Å². The van der Waals surface area contributed by atoms with Crippen molar-refractivity contribution in [2.24, 2.45) is 5.41 Å². The third-order valence-electron chi connectivity index (χ3n) is 7.18. The van der Waals surface area contributed by atoms with Crippen LogP contribution in [0.5, 0.6) is 0 Å². The normalized spacial score (nSPS) is 19.7. The van der Waals surface area contributed by atoms with E-state index in [1.165, 1.54) is 12.0 Å². The lowest BCUT2D eigenvalue weighted by molar-refractivity contribution is -0.0767. The fourth-order valence-electron chi connectivity index (χ4n) is 4.64. The molecule has 2 aromatic carbocycles. The smallest absolute Gasteiger partial charge is 0.258 e. The quantitative estimate of drug-likeness (QED) is 0.554. The van der Waals surface area contributed by atoms with Gasteiger partial charge in [0.25, 0.3) is 5.89 Å². The molecule has 0 amide bonds. The van der Waals surface area contributed by atoms with Gasteiger partial charge in [0, 0.05) is 24.1 Å². The molecule has 2 heterocycles. The highest BCUT2D eigenvalue weighted by Crippen LogP contribution is 2.48. The molecule has 2 aliphatic rings. The number of aliphatic hydroxyl groups is 1. The molecule has 1 aliphatic carbocycles. The van der Waals surface area contributed by atoms with Crippen molar-refractivity contribution in [3.8, 4) is 11.5 Å². The predicted molar refractivity (Wildman–Crippen MR) is 122 cm³/mol. The van der Waals surface area contributed by atoms with Crippen molar-refractivity contribution in [1.29, 1.82) is 0 Å². The topological polar surface area (TPSA) is 80.4 Å². The summed E-state index contributed by atoms with van der Waals surface area (Å²) in [6.45, 7) is 6.12. The molecular formula is C26H31N3O3. The Morgan fingerprint density at radius 3 is 2.56 bits per heavy atom. The molecule has 2 fully saturated rings. The molecule has 1 saturated carbocycles. The second-order valence-corrected chi connectivity index (χ2v) is 9.39. The first-order valence-corrected chi connectivity index (χ1v) is 11.6. The van der Waals surface area contributed by atoms with Crippen molar-refractivity contribution in [3.05, 3.63) is 71.0 Å². The van der Waals surface area contributed by atoms with Crippen LogP contribution in [0.3, 0.4) is 0 Å². The van der Waals surface area contributed by atoms with Crippen LogP contribution in [-0.4, -0.2) is 34.4 Å². The fraction of sp³-hybridized carbons (Fsp3) is 0.462. The lowest BCUT2D eigenvalue weighted by Crippen LogP contribution is -2.63. The zero-order valence-electron chi connectivity index (χ0n) is 18.8. The maximum atomic E-state index is 12.2. The molecule has 2 N–H and O–H groups in total. The van der Waals surface area contributed by atoms with Gasteiger partial charge in [-0.05, 0) is 54.5 Å². The minimum atomic E-state index is -1.14. The molecule has 1 aliphatic heterocycles. The van der Waals surface area contributed by atoms with Gasteiger partial charge in [-0.25, -0.2) is 0 Å². The summed E-state index contributed by atoms with van der Waals surface area (Å²) in [6, 6.07) is 16.2. The minimum Gasteiger partial charge on any atom is -0.380 e. The summed E-state index contributed by atoms with van der Waals surface area (Å²) in [4.78, 5) is 4.53. The zero-order valence-corrected chi connectivity index (χ0v) is 18.8. The largest absolute Gasteiger partial charge is 0.380 e. The first kappa shape index (κ1) is 21.3. The Morgan fingerprint density at radius 1 is 1.16 bits per heavy atom. The number of hydrogen-bond acceptors (Lipinski definition) is 6. The van der Waals surface area contributed by atoms with E-state index < -0.39 is 5.60 Å². The third kappa shape index (κ3) is 3.66. The molecule has 6 nitrogen and oxygen atoms in total. The number of nitrogens with one attached hydrogen (secondary N) is 1. The van der Waals surface area contributed by atoms with Crippen LogP contribution in [0.1, 0.15) is 55.6 Å². The second kappa shape index (κ2) is 8.43. The molecule has 0 spiro atoms.